The highest BCUT2D eigenvalue weighted by Crippen LogP contribution is 2.30. The fourth-order valence-electron chi connectivity index (χ4n) is 4.40. The average Bonchev–Trinajstić information content (AvgIpc) is 3.01. The molecule has 0 spiro atoms. The van der Waals surface area contributed by atoms with Gasteiger partial charge in [0.2, 0.25) is 0 Å². The number of aliphatic hydroxyl groups is 1. The minimum absolute atomic E-state index is 0.0260. The van der Waals surface area contributed by atoms with E-state index in [9.17, 15) is 9.59 Å². The van der Waals surface area contributed by atoms with Gasteiger partial charge in [0.25, 0.3) is 0 Å². The van der Waals surface area contributed by atoms with Crippen LogP contribution < -0.4 is 0 Å². The van der Waals surface area contributed by atoms with Crippen LogP contribution in [-0.2, 0) is 30.2 Å². The van der Waals surface area contributed by atoms with Crippen LogP contribution in [0.4, 0.5) is 4.39 Å². The third kappa shape index (κ3) is 9.23. The summed E-state index contributed by atoms with van der Waals surface area (Å²) in [6, 6.07) is 20.6. The van der Waals surface area contributed by atoms with Crippen LogP contribution in [-0.4, -0.2) is 50.6 Å². The second kappa shape index (κ2) is 16.4. The van der Waals surface area contributed by atoms with Crippen LogP contribution in [0.25, 0.3) is 22.3 Å². The zero-order valence-electron chi connectivity index (χ0n) is 24.4. The number of hydrogen-bond acceptors (Lipinski definition) is 6. The maximum Gasteiger partial charge on any atom is 0.335 e. The molecule has 3 aromatic carbocycles. The number of hydrogen-bond donors (Lipinski definition) is 1. The monoisotopic (exact) mass is 574 g/mol. The van der Waals surface area contributed by atoms with Crippen molar-refractivity contribution in [2.75, 3.05) is 33.5 Å². The standard InChI is InChI=1S/C35H39FO6/c1-5-6-7-8-26-9-11-27(12-10-26)30-17-18-32(33(36)19-30)29-15-13-28(14-16-29)31(22-41-34(38)24(2)20-37)23-42-35(39)25(3)21-40-4/h9-19,31,37H,2-3,5-8,20-23H2,1,4H3. The molecule has 0 aliphatic carbocycles. The SMILES string of the molecule is C=C(CO)C(=O)OCC(COC(=O)C(=C)COC)c1ccc(-c2ccc(-c3ccc(CCCCC)cc3)cc2F)cc1. The summed E-state index contributed by atoms with van der Waals surface area (Å²) in [5.41, 5.74) is 4.94. The molecule has 1 unspecified atom stereocenters. The van der Waals surface area contributed by atoms with Crippen LogP contribution in [0, 0.1) is 5.82 Å². The highest BCUT2D eigenvalue weighted by Gasteiger charge is 2.20. The van der Waals surface area contributed by atoms with Gasteiger partial charge in [-0.2, -0.15) is 0 Å². The first-order valence-electron chi connectivity index (χ1n) is 14.1. The maximum absolute atomic E-state index is 15.3. The summed E-state index contributed by atoms with van der Waals surface area (Å²) in [6.07, 6.45) is 4.61. The number of halogens is 1. The second-order valence-corrected chi connectivity index (χ2v) is 10.2. The fraction of sp³-hybridized carbons (Fsp3) is 0.314. The average molecular weight is 575 g/mol. The summed E-state index contributed by atoms with van der Waals surface area (Å²) in [4.78, 5) is 24.3. The lowest BCUT2D eigenvalue weighted by atomic mass is 9.95. The molecule has 6 nitrogen and oxygen atoms in total. The number of ether oxygens (including phenoxy) is 3. The smallest absolute Gasteiger partial charge is 0.335 e. The fourth-order valence-corrected chi connectivity index (χ4v) is 4.40. The van der Waals surface area contributed by atoms with E-state index in [4.69, 9.17) is 19.3 Å². The van der Waals surface area contributed by atoms with Gasteiger partial charge in [-0.05, 0) is 46.7 Å². The Kier molecular flexibility index (Phi) is 12.7. The molecule has 0 fully saturated rings. The van der Waals surface area contributed by atoms with E-state index in [1.165, 1.54) is 38.0 Å². The number of unbranched alkanes of at least 4 members (excludes halogenated alkanes) is 2. The van der Waals surface area contributed by atoms with Crippen LogP contribution in [0.1, 0.15) is 43.2 Å². The van der Waals surface area contributed by atoms with Gasteiger partial charge in [0.1, 0.15) is 19.0 Å². The normalized spacial score (nSPS) is 11.5. The van der Waals surface area contributed by atoms with Crippen molar-refractivity contribution in [3.8, 4) is 22.3 Å². The zero-order chi connectivity index (χ0) is 30.5. The summed E-state index contributed by atoms with van der Waals surface area (Å²) < 4.78 is 30.8. The van der Waals surface area contributed by atoms with Gasteiger partial charge in [-0.15, -0.1) is 0 Å². The second-order valence-electron chi connectivity index (χ2n) is 10.2. The van der Waals surface area contributed by atoms with Gasteiger partial charge in [-0.25, -0.2) is 14.0 Å². The Hall–Kier alpha value is -4.07. The Balaban J connectivity index is 1.75. The molecule has 0 bridgehead atoms. The molecule has 0 aliphatic rings. The molecule has 1 atom stereocenters. The molecule has 0 saturated carbocycles. The summed E-state index contributed by atoms with van der Waals surface area (Å²) in [5, 5.41) is 9.14. The van der Waals surface area contributed by atoms with E-state index in [0.29, 0.717) is 16.7 Å². The number of methoxy groups -OCH3 is 1. The van der Waals surface area contributed by atoms with E-state index in [1.807, 2.05) is 18.2 Å². The van der Waals surface area contributed by atoms with Crippen LogP contribution in [0.5, 0.6) is 0 Å². The van der Waals surface area contributed by atoms with Crippen molar-refractivity contribution in [3.05, 3.63) is 108 Å². The molecule has 0 radical (unpaired) electrons. The van der Waals surface area contributed by atoms with Gasteiger partial charge in [0.05, 0.1) is 30.3 Å². The first kappa shape index (κ1) is 32.4. The number of aliphatic hydroxyl groups excluding tert-OH is 1. The molecule has 0 amide bonds. The van der Waals surface area contributed by atoms with Crippen molar-refractivity contribution >= 4 is 11.9 Å². The highest BCUT2D eigenvalue weighted by molar-refractivity contribution is 5.88. The predicted molar refractivity (Wildman–Crippen MR) is 162 cm³/mol. The molecule has 42 heavy (non-hydrogen) atoms. The summed E-state index contributed by atoms with van der Waals surface area (Å²) in [7, 11) is 1.44. The maximum atomic E-state index is 15.3. The van der Waals surface area contributed by atoms with Crippen molar-refractivity contribution in [3.63, 3.8) is 0 Å². The van der Waals surface area contributed by atoms with Gasteiger partial charge in [-0.3, -0.25) is 0 Å². The minimum atomic E-state index is -0.748. The number of carbonyl (C=O) groups excluding carboxylic acids is 2. The summed E-state index contributed by atoms with van der Waals surface area (Å²) >= 11 is 0. The Morgan fingerprint density at radius 3 is 2.00 bits per heavy atom. The molecule has 3 rings (SSSR count). The molecule has 0 heterocycles. The van der Waals surface area contributed by atoms with E-state index in [1.54, 1.807) is 30.3 Å². The van der Waals surface area contributed by atoms with Gasteiger partial charge in [-0.1, -0.05) is 93.6 Å². The Morgan fingerprint density at radius 2 is 1.43 bits per heavy atom. The molecule has 0 saturated heterocycles. The van der Waals surface area contributed by atoms with Crippen LogP contribution >= 0.6 is 0 Å². The number of carbonyl (C=O) groups is 2. The van der Waals surface area contributed by atoms with E-state index < -0.39 is 24.5 Å². The molecule has 1 N–H and O–H groups in total. The number of esters is 2. The molecule has 7 heteroatoms. The van der Waals surface area contributed by atoms with Crippen molar-refractivity contribution in [1.29, 1.82) is 0 Å². The Labute approximate surface area is 247 Å². The Bertz CT molecular complexity index is 1360. The van der Waals surface area contributed by atoms with Gasteiger partial charge in [0.15, 0.2) is 0 Å². The zero-order valence-corrected chi connectivity index (χ0v) is 24.4. The van der Waals surface area contributed by atoms with E-state index in [2.05, 4.69) is 32.2 Å². The van der Waals surface area contributed by atoms with Crippen LogP contribution in [0.3, 0.4) is 0 Å². The lowest BCUT2D eigenvalue weighted by Crippen LogP contribution is -2.21. The molecule has 0 aliphatic heterocycles. The summed E-state index contributed by atoms with van der Waals surface area (Å²) in [5.74, 6) is -2.24. The van der Waals surface area contributed by atoms with E-state index >= 15 is 4.39 Å². The first-order chi connectivity index (χ1) is 20.3. The minimum Gasteiger partial charge on any atom is -0.461 e. The lowest BCUT2D eigenvalue weighted by Gasteiger charge is -2.19. The third-order valence-electron chi connectivity index (χ3n) is 6.94. The third-order valence-corrected chi connectivity index (χ3v) is 6.94. The number of benzene rings is 3. The van der Waals surface area contributed by atoms with Gasteiger partial charge >= 0.3 is 11.9 Å². The number of aryl methyl sites for hydroxylation is 1. The predicted octanol–water partition coefficient (Wildman–Crippen LogP) is 6.81. The molecule has 3 aromatic rings. The van der Waals surface area contributed by atoms with Crippen molar-refractivity contribution in [1.82, 2.24) is 0 Å². The highest BCUT2D eigenvalue weighted by atomic mass is 19.1. The lowest BCUT2D eigenvalue weighted by molar-refractivity contribution is -0.143. The topological polar surface area (TPSA) is 82.1 Å². The van der Waals surface area contributed by atoms with E-state index in [0.717, 1.165) is 17.5 Å². The summed E-state index contributed by atoms with van der Waals surface area (Å²) in [6.45, 7) is 8.57. The molecular formula is C35H39FO6. The van der Waals surface area contributed by atoms with Crippen LogP contribution in [0.2, 0.25) is 0 Å². The Morgan fingerprint density at radius 1 is 0.833 bits per heavy atom. The quantitative estimate of drug-likeness (QED) is 0.115. The van der Waals surface area contributed by atoms with E-state index in [-0.39, 0.29) is 36.8 Å². The first-order valence-corrected chi connectivity index (χ1v) is 14.1. The van der Waals surface area contributed by atoms with Gasteiger partial charge < -0.3 is 19.3 Å². The van der Waals surface area contributed by atoms with Crippen LogP contribution in [0.15, 0.2) is 91.0 Å². The number of rotatable bonds is 16. The van der Waals surface area contributed by atoms with Gasteiger partial charge in [0, 0.05) is 12.7 Å². The molecule has 222 valence electrons. The molecule has 0 aromatic heterocycles. The van der Waals surface area contributed by atoms with Crippen molar-refractivity contribution in [2.24, 2.45) is 0 Å². The largest absolute Gasteiger partial charge is 0.461 e. The molecular weight excluding hydrogens is 535 g/mol. The van der Waals surface area contributed by atoms with Crippen molar-refractivity contribution < 1.29 is 33.3 Å². The van der Waals surface area contributed by atoms with Crippen molar-refractivity contribution in [2.45, 2.75) is 38.5 Å².